The molecule has 1 aliphatic carbocycles. The number of benzene rings is 1. The molecular weight excluding hydrogens is 369 g/mol. The molecule has 6 nitrogen and oxygen atoms in total. The Bertz CT molecular complexity index is 1280. The highest BCUT2D eigenvalue weighted by molar-refractivity contribution is 5.82. The molecule has 148 valence electrons. The highest BCUT2D eigenvalue weighted by Crippen LogP contribution is 2.43. The largest absolute Gasteiger partial charge is 0.305 e. The molecule has 0 saturated heterocycles. The van der Waals surface area contributed by atoms with Crippen LogP contribution in [0, 0.1) is 12.7 Å². The molecule has 4 aromatic rings. The van der Waals surface area contributed by atoms with E-state index < -0.39 is 0 Å². The van der Waals surface area contributed by atoms with Crippen molar-refractivity contribution in [2.24, 2.45) is 7.05 Å². The second-order valence-corrected chi connectivity index (χ2v) is 7.97. The Kier molecular flexibility index (Phi) is 4.19. The lowest BCUT2D eigenvalue weighted by Crippen LogP contribution is -2.17. The Hall–Kier alpha value is -3.09. The summed E-state index contributed by atoms with van der Waals surface area (Å²) in [6.45, 7) is 1.94. The van der Waals surface area contributed by atoms with Gasteiger partial charge in [-0.25, -0.2) is 14.4 Å². The van der Waals surface area contributed by atoms with Gasteiger partial charge < -0.3 is 4.98 Å². The zero-order valence-electron chi connectivity index (χ0n) is 16.4. The minimum absolute atomic E-state index is 0.143. The maximum atomic E-state index is 14.8. The van der Waals surface area contributed by atoms with E-state index in [-0.39, 0.29) is 17.3 Å². The third-order valence-corrected chi connectivity index (χ3v) is 6.18. The van der Waals surface area contributed by atoms with Crippen LogP contribution in [0.3, 0.4) is 0 Å². The van der Waals surface area contributed by atoms with Gasteiger partial charge in [-0.3, -0.25) is 9.48 Å². The second kappa shape index (κ2) is 6.76. The van der Waals surface area contributed by atoms with Crippen LogP contribution in [-0.2, 0) is 7.05 Å². The molecule has 3 aromatic heterocycles. The summed E-state index contributed by atoms with van der Waals surface area (Å²) in [5, 5.41) is 5.29. The normalized spacial score (nSPS) is 19.8. The van der Waals surface area contributed by atoms with E-state index in [2.05, 4.69) is 15.1 Å². The summed E-state index contributed by atoms with van der Waals surface area (Å²) in [6, 6.07) is 6.55. The number of nitrogens with one attached hydrogen (secondary N) is 1. The fourth-order valence-electron chi connectivity index (χ4n) is 4.77. The molecule has 0 amide bonds. The number of nitrogens with zero attached hydrogens (tertiary/aromatic N) is 4. The Labute approximate surface area is 166 Å². The van der Waals surface area contributed by atoms with Crippen LogP contribution >= 0.6 is 0 Å². The number of fused-ring (bicyclic) bond motifs is 2. The van der Waals surface area contributed by atoms with Gasteiger partial charge in [-0.05, 0) is 56.7 Å². The third-order valence-electron chi connectivity index (χ3n) is 6.18. The molecule has 0 bridgehead atoms. The van der Waals surface area contributed by atoms with Crippen LogP contribution in [0.25, 0.3) is 22.1 Å². The average Bonchev–Trinajstić information content (AvgIpc) is 3.09. The van der Waals surface area contributed by atoms with Gasteiger partial charge in [-0.2, -0.15) is 5.10 Å². The van der Waals surface area contributed by atoms with Crippen LogP contribution < -0.4 is 5.56 Å². The summed E-state index contributed by atoms with van der Waals surface area (Å²) in [7, 11) is 1.87. The standard InChI is InChI=1S/C22H22FN5O/c1-12-20(26-17-9-10-18(29)27-22(17)25-12)14-5-3-13(4-6-14)19-16(23)8-7-15-11-24-28(2)21(15)19/h7-11,13-14H,3-6H2,1-2H3,(H,25,27,29). The molecule has 3 heterocycles. The van der Waals surface area contributed by atoms with E-state index in [0.717, 1.165) is 53.5 Å². The van der Waals surface area contributed by atoms with E-state index in [9.17, 15) is 9.18 Å². The first kappa shape index (κ1) is 18.0. The van der Waals surface area contributed by atoms with E-state index in [0.29, 0.717) is 17.1 Å². The highest BCUT2D eigenvalue weighted by Gasteiger charge is 2.29. The molecule has 7 heteroatoms. The molecule has 0 unspecified atom stereocenters. The monoisotopic (exact) mass is 391 g/mol. The van der Waals surface area contributed by atoms with Crippen molar-refractivity contribution in [2.45, 2.75) is 44.4 Å². The summed E-state index contributed by atoms with van der Waals surface area (Å²) in [6.07, 6.45) is 5.46. The topological polar surface area (TPSA) is 76.5 Å². The first-order valence-electron chi connectivity index (χ1n) is 9.99. The molecule has 0 atom stereocenters. The fourth-order valence-corrected chi connectivity index (χ4v) is 4.77. The Balaban J connectivity index is 1.44. The molecule has 1 fully saturated rings. The third kappa shape index (κ3) is 3.01. The van der Waals surface area contributed by atoms with Crippen molar-refractivity contribution in [2.75, 3.05) is 0 Å². The number of pyridine rings is 1. The summed E-state index contributed by atoms with van der Waals surface area (Å²) < 4.78 is 16.5. The quantitative estimate of drug-likeness (QED) is 0.558. The number of hydrogen-bond donors (Lipinski definition) is 1. The number of aryl methyl sites for hydroxylation is 2. The van der Waals surface area contributed by atoms with Gasteiger partial charge in [0.05, 0.1) is 23.1 Å². The molecular formula is C22H22FN5O. The minimum atomic E-state index is -0.175. The van der Waals surface area contributed by atoms with Gasteiger partial charge in [0.15, 0.2) is 5.65 Å². The van der Waals surface area contributed by atoms with Crippen molar-refractivity contribution in [3.63, 3.8) is 0 Å². The molecule has 1 aliphatic rings. The van der Waals surface area contributed by atoms with Gasteiger partial charge in [-0.1, -0.05) is 0 Å². The molecule has 0 spiro atoms. The highest BCUT2D eigenvalue weighted by atomic mass is 19.1. The van der Waals surface area contributed by atoms with Gasteiger partial charge >= 0.3 is 0 Å². The van der Waals surface area contributed by atoms with Crippen LogP contribution in [0.2, 0.25) is 0 Å². The van der Waals surface area contributed by atoms with Crippen LogP contribution in [0.15, 0.2) is 35.3 Å². The first-order valence-corrected chi connectivity index (χ1v) is 9.99. The van der Waals surface area contributed by atoms with Crippen molar-refractivity contribution in [3.8, 4) is 0 Å². The molecule has 0 aliphatic heterocycles. The molecule has 29 heavy (non-hydrogen) atoms. The van der Waals surface area contributed by atoms with E-state index in [1.165, 1.54) is 6.07 Å². The molecule has 0 radical (unpaired) electrons. The van der Waals surface area contributed by atoms with Gasteiger partial charge in [0.2, 0.25) is 5.56 Å². The predicted octanol–water partition coefficient (Wildman–Crippen LogP) is 4.09. The molecule has 1 N–H and O–H groups in total. The number of rotatable bonds is 2. The lowest BCUT2D eigenvalue weighted by Gasteiger charge is -2.29. The second-order valence-electron chi connectivity index (χ2n) is 7.97. The first-order chi connectivity index (χ1) is 14.0. The zero-order valence-corrected chi connectivity index (χ0v) is 16.4. The SMILES string of the molecule is Cc1nc2[nH]c(=O)ccc2nc1C1CCC(c2c(F)ccc3cnn(C)c23)CC1. The summed E-state index contributed by atoms with van der Waals surface area (Å²) in [4.78, 5) is 23.6. The van der Waals surface area contributed by atoms with Crippen molar-refractivity contribution in [1.29, 1.82) is 0 Å². The summed E-state index contributed by atoms with van der Waals surface area (Å²) in [5.41, 5.74) is 4.59. The minimum Gasteiger partial charge on any atom is -0.305 e. The summed E-state index contributed by atoms with van der Waals surface area (Å²) in [5.74, 6) is 0.328. The van der Waals surface area contributed by atoms with Crippen LogP contribution in [0.4, 0.5) is 4.39 Å². The molecule has 1 saturated carbocycles. The van der Waals surface area contributed by atoms with Gasteiger partial charge in [-0.15, -0.1) is 0 Å². The molecule has 1 aromatic carbocycles. The maximum Gasteiger partial charge on any atom is 0.249 e. The van der Waals surface area contributed by atoms with E-state index >= 15 is 0 Å². The Morgan fingerprint density at radius 1 is 1.07 bits per heavy atom. The predicted molar refractivity (Wildman–Crippen MR) is 110 cm³/mol. The smallest absolute Gasteiger partial charge is 0.249 e. The zero-order chi connectivity index (χ0) is 20.1. The number of aromatic nitrogens is 5. The van der Waals surface area contributed by atoms with E-state index in [1.807, 2.05) is 14.0 Å². The average molecular weight is 391 g/mol. The van der Waals surface area contributed by atoms with E-state index in [1.54, 1.807) is 29.1 Å². The van der Waals surface area contributed by atoms with Gasteiger partial charge in [0.1, 0.15) is 11.3 Å². The van der Waals surface area contributed by atoms with Crippen LogP contribution in [-0.4, -0.2) is 24.7 Å². The number of halogens is 1. The lowest BCUT2D eigenvalue weighted by molar-refractivity contribution is 0.383. The lowest BCUT2D eigenvalue weighted by atomic mass is 9.76. The van der Waals surface area contributed by atoms with Gasteiger partial charge in [0.25, 0.3) is 0 Å². The van der Waals surface area contributed by atoms with Crippen LogP contribution in [0.1, 0.15) is 54.5 Å². The molecule has 5 rings (SSSR count). The van der Waals surface area contributed by atoms with Crippen molar-refractivity contribution in [3.05, 3.63) is 63.6 Å². The van der Waals surface area contributed by atoms with Crippen molar-refractivity contribution < 1.29 is 4.39 Å². The fraction of sp³-hybridized carbons (Fsp3) is 0.364. The number of H-pyrrole nitrogens is 1. The number of hydrogen-bond acceptors (Lipinski definition) is 4. The summed E-state index contributed by atoms with van der Waals surface area (Å²) >= 11 is 0. The van der Waals surface area contributed by atoms with Crippen LogP contribution in [0.5, 0.6) is 0 Å². The van der Waals surface area contributed by atoms with Crippen molar-refractivity contribution >= 4 is 22.1 Å². The Morgan fingerprint density at radius 2 is 1.83 bits per heavy atom. The number of aromatic amines is 1. The van der Waals surface area contributed by atoms with Gasteiger partial charge in [0, 0.05) is 30.0 Å². The van der Waals surface area contributed by atoms with E-state index in [4.69, 9.17) is 4.98 Å². The Morgan fingerprint density at radius 3 is 2.62 bits per heavy atom. The van der Waals surface area contributed by atoms with Crippen molar-refractivity contribution in [1.82, 2.24) is 24.7 Å². The maximum absolute atomic E-state index is 14.8.